The first-order valence-corrected chi connectivity index (χ1v) is 4.77. The Kier molecular flexibility index (Phi) is 4.48. The minimum Gasteiger partial charge on any atom is -0.352 e. The maximum absolute atomic E-state index is 11.0. The van der Waals surface area contributed by atoms with Gasteiger partial charge in [0.15, 0.2) is 0 Å². The van der Waals surface area contributed by atoms with Gasteiger partial charge in [-0.2, -0.15) is 0 Å². The summed E-state index contributed by atoms with van der Waals surface area (Å²) in [6, 6.07) is 10.1. The molecule has 0 atom stereocenters. The second-order valence-electron chi connectivity index (χ2n) is 3.03. The zero-order chi connectivity index (χ0) is 10.2. The predicted molar refractivity (Wildman–Crippen MR) is 58.0 cm³/mol. The van der Waals surface area contributed by atoms with Crippen molar-refractivity contribution in [1.29, 1.82) is 0 Å². The summed E-state index contributed by atoms with van der Waals surface area (Å²) in [5.41, 5.74) is 1.24. The van der Waals surface area contributed by atoms with Crippen LogP contribution in [0.1, 0.15) is 12.5 Å². The van der Waals surface area contributed by atoms with Gasteiger partial charge in [0, 0.05) is 6.54 Å². The van der Waals surface area contributed by atoms with Crippen molar-refractivity contribution in [3.05, 3.63) is 48.0 Å². The molecule has 74 valence electrons. The van der Waals surface area contributed by atoms with E-state index in [4.69, 9.17) is 0 Å². The van der Waals surface area contributed by atoms with Gasteiger partial charge in [-0.3, -0.25) is 4.79 Å². The third-order valence-corrected chi connectivity index (χ3v) is 1.87. The molecule has 0 spiro atoms. The average molecular weight is 189 g/mol. The first-order chi connectivity index (χ1) is 6.83. The molecule has 0 aliphatic rings. The summed E-state index contributed by atoms with van der Waals surface area (Å²) in [4.78, 5) is 11.0. The molecule has 0 saturated carbocycles. The van der Waals surface area contributed by atoms with Gasteiger partial charge in [0.25, 0.3) is 0 Å². The molecule has 0 bridgehead atoms. The number of amides is 1. The van der Waals surface area contributed by atoms with Gasteiger partial charge in [-0.1, -0.05) is 36.4 Å². The molecule has 2 heteroatoms. The van der Waals surface area contributed by atoms with Crippen LogP contribution in [0.15, 0.2) is 42.5 Å². The molecule has 0 fully saturated rings. The highest BCUT2D eigenvalue weighted by atomic mass is 16.1. The van der Waals surface area contributed by atoms with Gasteiger partial charge >= 0.3 is 0 Å². The van der Waals surface area contributed by atoms with E-state index in [-0.39, 0.29) is 5.91 Å². The molecule has 0 unspecified atom stereocenters. The van der Waals surface area contributed by atoms with Gasteiger partial charge < -0.3 is 5.32 Å². The average Bonchev–Trinajstić information content (AvgIpc) is 2.20. The maximum atomic E-state index is 11.0. The van der Waals surface area contributed by atoms with E-state index in [0.29, 0.717) is 6.54 Å². The van der Waals surface area contributed by atoms with Crippen molar-refractivity contribution in [2.75, 3.05) is 6.54 Å². The van der Waals surface area contributed by atoms with Gasteiger partial charge in [-0.05, 0) is 25.0 Å². The van der Waals surface area contributed by atoms with Crippen LogP contribution in [0.4, 0.5) is 0 Å². The molecule has 1 N–H and O–H groups in total. The van der Waals surface area contributed by atoms with Crippen molar-refractivity contribution < 1.29 is 4.79 Å². The Hall–Kier alpha value is -1.57. The van der Waals surface area contributed by atoms with Gasteiger partial charge in [-0.15, -0.1) is 0 Å². The summed E-state index contributed by atoms with van der Waals surface area (Å²) >= 11 is 0. The summed E-state index contributed by atoms with van der Waals surface area (Å²) < 4.78 is 0. The van der Waals surface area contributed by atoms with Crippen molar-refractivity contribution >= 4 is 5.91 Å². The number of carbonyl (C=O) groups excluding carboxylic acids is 1. The lowest BCUT2D eigenvalue weighted by Gasteiger charge is -2.01. The molecule has 1 amide bonds. The molecule has 0 heterocycles. The molecule has 0 aromatic heterocycles. The van der Waals surface area contributed by atoms with E-state index in [1.807, 2.05) is 25.1 Å². The van der Waals surface area contributed by atoms with Crippen LogP contribution >= 0.6 is 0 Å². The van der Waals surface area contributed by atoms with E-state index in [1.165, 1.54) is 11.6 Å². The van der Waals surface area contributed by atoms with Crippen molar-refractivity contribution in [1.82, 2.24) is 5.32 Å². The molecule has 2 nitrogen and oxygen atoms in total. The summed E-state index contributed by atoms with van der Waals surface area (Å²) in [7, 11) is 0. The number of allylic oxidation sites excluding steroid dienone is 1. The summed E-state index contributed by atoms with van der Waals surface area (Å²) in [5.74, 6) is -0.0246. The Morgan fingerprint density at radius 3 is 2.71 bits per heavy atom. The lowest BCUT2D eigenvalue weighted by Crippen LogP contribution is -2.23. The van der Waals surface area contributed by atoms with E-state index in [2.05, 4.69) is 17.4 Å². The smallest absolute Gasteiger partial charge is 0.243 e. The summed E-state index contributed by atoms with van der Waals surface area (Å²) in [6.45, 7) is 2.52. The fraction of sp³-hybridized carbons (Fsp3) is 0.250. The Balaban J connectivity index is 2.25. The monoisotopic (exact) mass is 189 g/mol. The third kappa shape index (κ3) is 3.90. The molecular weight excluding hydrogens is 174 g/mol. The van der Waals surface area contributed by atoms with Crippen molar-refractivity contribution in [2.45, 2.75) is 13.3 Å². The highest BCUT2D eigenvalue weighted by molar-refractivity contribution is 5.87. The summed E-state index contributed by atoms with van der Waals surface area (Å²) in [6.07, 6.45) is 4.15. The molecule has 1 aromatic carbocycles. The Morgan fingerprint density at radius 2 is 2.07 bits per heavy atom. The molecule has 0 aliphatic heterocycles. The predicted octanol–water partition coefficient (Wildman–Crippen LogP) is 1.92. The van der Waals surface area contributed by atoms with Gasteiger partial charge in [0.05, 0.1) is 0 Å². The SMILES string of the molecule is C/C=C/C(=O)NCCc1ccccc1. The number of carbonyl (C=O) groups is 1. The van der Waals surface area contributed by atoms with Crippen LogP contribution in [0.5, 0.6) is 0 Å². The first kappa shape index (κ1) is 10.5. The zero-order valence-electron chi connectivity index (χ0n) is 8.36. The number of hydrogen-bond donors (Lipinski definition) is 1. The minimum absolute atomic E-state index is 0.0246. The van der Waals surface area contributed by atoms with Crippen molar-refractivity contribution in [2.24, 2.45) is 0 Å². The molecule has 0 radical (unpaired) electrons. The van der Waals surface area contributed by atoms with Crippen LogP contribution in [0, 0.1) is 0 Å². The number of benzene rings is 1. The Bertz CT molecular complexity index is 303. The largest absolute Gasteiger partial charge is 0.352 e. The number of nitrogens with one attached hydrogen (secondary N) is 1. The van der Waals surface area contributed by atoms with Crippen molar-refractivity contribution in [3.8, 4) is 0 Å². The Morgan fingerprint density at radius 1 is 1.36 bits per heavy atom. The van der Waals surface area contributed by atoms with Gasteiger partial charge in [0.1, 0.15) is 0 Å². The topological polar surface area (TPSA) is 29.1 Å². The molecular formula is C12H15NO. The molecule has 1 rings (SSSR count). The molecule has 0 saturated heterocycles. The van der Waals surface area contributed by atoms with E-state index in [9.17, 15) is 4.79 Å². The normalized spacial score (nSPS) is 10.4. The first-order valence-electron chi connectivity index (χ1n) is 4.77. The van der Waals surface area contributed by atoms with Crippen LogP contribution in [0.2, 0.25) is 0 Å². The van der Waals surface area contributed by atoms with Gasteiger partial charge in [-0.25, -0.2) is 0 Å². The number of hydrogen-bond acceptors (Lipinski definition) is 1. The molecule has 1 aromatic rings. The fourth-order valence-electron chi connectivity index (χ4n) is 1.19. The van der Waals surface area contributed by atoms with Crippen LogP contribution in [-0.2, 0) is 11.2 Å². The van der Waals surface area contributed by atoms with E-state index in [0.717, 1.165) is 6.42 Å². The van der Waals surface area contributed by atoms with E-state index < -0.39 is 0 Å². The number of rotatable bonds is 4. The van der Waals surface area contributed by atoms with Crippen LogP contribution in [-0.4, -0.2) is 12.5 Å². The molecule has 0 aliphatic carbocycles. The highest BCUT2D eigenvalue weighted by Crippen LogP contribution is 1.97. The second kappa shape index (κ2) is 5.97. The second-order valence-corrected chi connectivity index (χ2v) is 3.03. The highest BCUT2D eigenvalue weighted by Gasteiger charge is 1.94. The van der Waals surface area contributed by atoms with Crippen molar-refractivity contribution in [3.63, 3.8) is 0 Å². The van der Waals surface area contributed by atoms with Crippen LogP contribution in [0.25, 0.3) is 0 Å². The summed E-state index contributed by atoms with van der Waals surface area (Å²) in [5, 5.41) is 2.81. The Labute approximate surface area is 84.6 Å². The van der Waals surface area contributed by atoms with E-state index in [1.54, 1.807) is 6.08 Å². The third-order valence-electron chi connectivity index (χ3n) is 1.87. The minimum atomic E-state index is -0.0246. The fourth-order valence-corrected chi connectivity index (χ4v) is 1.19. The zero-order valence-corrected chi connectivity index (χ0v) is 8.36. The standard InChI is InChI=1S/C12H15NO/c1-2-6-12(14)13-10-9-11-7-4-3-5-8-11/h2-8H,9-10H2,1H3,(H,13,14)/b6-2+. The quantitative estimate of drug-likeness (QED) is 0.720. The van der Waals surface area contributed by atoms with Gasteiger partial charge in [0.2, 0.25) is 5.91 Å². The lowest BCUT2D eigenvalue weighted by molar-refractivity contribution is -0.116. The van der Waals surface area contributed by atoms with Crippen LogP contribution < -0.4 is 5.32 Å². The lowest BCUT2D eigenvalue weighted by atomic mass is 10.1. The van der Waals surface area contributed by atoms with Crippen LogP contribution in [0.3, 0.4) is 0 Å². The van der Waals surface area contributed by atoms with E-state index >= 15 is 0 Å². The molecule has 14 heavy (non-hydrogen) atoms. The maximum Gasteiger partial charge on any atom is 0.243 e.